The zero-order chi connectivity index (χ0) is 13.2. The third-order valence-corrected chi connectivity index (χ3v) is 4.18. The first-order chi connectivity index (χ1) is 9.24. The van der Waals surface area contributed by atoms with Crippen molar-refractivity contribution in [3.8, 4) is 5.75 Å². The lowest BCUT2D eigenvalue weighted by Crippen LogP contribution is -2.13. The number of aromatic nitrogens is 1. The van der Waals surface area contributed by atoms with Gasteiger partial charge in [-0.05, 0) is 31.5 Å². The second-order valence-electron chi connectivity index (χ2n) is 4.60. The highest BCUT2D eigenvalue weighted by Crippen LogP contribution is 2.26. The Morgan fingerprint density at radius 3 is 3.00 bits per heavy atom. The number of benzene rings is 1. The molecule has 20 heavy (non-hydrogen) atoms. The van der Waals surface area contributed by atoms with Crippen LogP contribution in [0, 0.1) is 0 Å². The van der Waals surface area contributed by atoms with Crippen LogP contribution in [-0.2, 0) is 0 Å². The molecule has 0 amide bonds. The lowest BCUT2D eigenvalue weighted by atomic mass is 10.1. The average Bonchev–Trinajstić information content (AvgIpc) is 3.08. The van der Waals surface area contributed by atoms with Crippen LogP contribution in [0.3, 0.4) is 0 Å². The fourth-order valence-corrected chi connectivity index (χ4v) is 3.15. The molecule has 0 saturated carbocycles. The van der Waals surface area contributed by atoms with Gasteiger partial charge >= 0.3 is 0 Å². The summed E-state index contributed by atoms with van der Waals surface area (Å²) < 4.78 is 0. The van der Waals surface area contributed by atoms with Gasteiger partial charge in [-0.25, -0.2) is 4.98 Å². The number of nitrogens with one attached hydrogen (secondary N) is 1. The molecular formula is C14H15ClN2O2S. The molecule has 1 aromatic carbocycles. The summed E-state index contributed by atoms with van der Waals surface area (Å²) in [6.07, 6.45) is 2.23. The van der Waals surface area contributed by atoms with Gasteiger partial charge < -0.3 is 10.4 Å². The van der Waals surface area contributed by atoms with E-state index >= 15 is 0 Å². The van der Waals surface area contributed by atoms with Gasteiger partial charge in [0, 0.05) is 10.9 Å². The number of halogens is 1. The number of phenolic OH excluding ortho intramolecular Hbond substituents is 1. The SMILES string of the molecule is Cl.O=C(c1cccc(O)c1)c1csc(C2CCCN2)n1. The number of carbonyl (C=O) groups is 1. The normalized spacial score (nSPS) is 17.7. The number of thiazole rings is 1. The third kappa shape index (κ3) is 3.00. The zero-order valence-electron chi connectivity index (χ0n) is 10.7. The van der Waals surface area contributed by atoms with E-state index in [1.54, 1.807) is 23.6 Å². The van der Waals surface area contributed by atoms with Crippen LogP contribution < -0.4 is 5.32 Å². The predicted molar refractivity (Wildman–Crippen MR) is 80.9 cm³/mol. The summed E-state index contributed by atoms with van der Waals surface area (Å²) in [5, 5.41) is 15.5. The lowest BCUT2D eigenvalue weighted by molar-refractivity contribution is 0.103. The van der Waals surface area contributed by atoms with E-state index in [1.807, 2.05) is 0 Å². The number of aromatic hydroxyl groups is 1. The second kappa shape index (κ2) is 6.35. The number of hydrogen-bond acceptors (Lipinski definition) is 5. The molecule has 1 unspecified atom stereocenters. The highest BCUT2D eigenvalue weighted by Gasteiger charge is 2.21. The van der Waals surface area contributed by atoms with Crippen LogP contribution in [-0.4, -0.2) is 22.4 Å². The van der Waals surface area contributed by atoms with Gasteiger partial charge in [0.25, 0.3) is 0 Å². The average molecular weight is 311 g/mol. The van der Waals surface area contributed by atoms with Crippen molar-refractivity contribution >= 4 is 29.5 Å². The minimum absolute atomic E-state index is 0. The molecule has 3 rings (SSSR count). The molecule has 0 aliphatic carbocycles. The summed E-state index contributed by atoms with van der Waals surface area (Å²) in [5.41, 5.74) is 0.926. The van der Waals surface area contributed by atoms with Crippen LogP contribution in [0.25, 0.3) is 0 Å². The van der Waals surface area contributed by atoms with Crippen molar-refractivity contribution in [2.24, 2.45) is 0 Å². The number of rotatable bonds is 3. The predicted octanol–water partition coefficient (Wildman–Crippen LogP) is 2.93. The lowest BCUT2D eigenvalue weighted by Gasteiger charge is -2.04. The van der Waals surface area contributed by atoms with E-state index < -0.39 is 0 Å². The first-order valence-electron chi connectivity index (χ1n) is 6.26. The fourth-order valence-electron chi connectivity index (χ4n) is 2.24. The maximum atomic E-state index is 12.2. The Morgan fingerprint density at radius 2 is 2.30 bits per heavy atom. The molecule has 1 aliphatic rings. The number of ketones is 1. The Labute approximate surface area is 127 Å². The molecule has 4 nitrogen and oxygen atoms in total. The van der Waals surface area contributed by atoms with Crippen molar-refractivity contribution < 1.29 is 9.90 Å². The monoisotopic (exact) mass is 310 g/mol. The number of phenols is 1. The van der Waals surface area contributed by atoms with E-state index in [2.05, 4.69) is 10.3 Å². The molecule has 1 aromatic heterocycles. The summed E-state index contributed by atoms with van der Waals surface area (Å²) in [6.45, 7) is 1.01. The summed E-state index contributed by atoms with van der Waals surface area (Å²) in [4.78, 5) is 16.7. The minimum atomic E-state index is -0.142. The molecule has 106 valence electrons. The molecule has 0 radical (unpaired) electrons. The number of hydrogen-bond donors (Lipinski definition) is 2. The van der Waals surface area contributed by atoms with E-state index in [-0.39, 0.29) is 30.0 Å². The summed E-state index contributed by atoms with van der Waals surface area (Å²) in [6, 6.07) is 6.65. The van der Waals surface area contributed by atoms with Crippen molar-refractivity contribution in [2.75, 3.05) is 6.54 Å². The van der Waals surface area contributed by atoms with Crippen molar-refractivity contribution in [1.29, 1.82) is 0 Å². The van der Waals surface area contributed by atoms with Gasteiger partial charge in [-0.1, -0.05) is 12.1 Å². The summed E-state index contributed by atoms with van der Waals surface area (Å²) in [7, 11) is 0. The van der Waals surface area contributed by atoms with Gasteiger partial charge in [0.15, 0.2) is 0 Å². The fraction of sp³-hybridized carbons (Fsp3) is 0.286. The van der Waals surface area contributed by atoms with Gasteiger partial charge in [-0.2, -0.15) is 0 Å². The van der Waals surface area contributed by atoms with E-state index in [0.29, 0.717) is 11.3 Å². The smallest absolute Gasteiger partial charge is 0.212 e. The highest BCUT2D eigenvalue weighted by atomic mass is 35.5. The second-order valence-corrected chi connectivity index (χ2v) is 5.49. The molecule has 0 spiro atoms. The largest absolute Gasteiger partial charge is 0.508 e. The molecule has 2 N–H and O–H groups in total. The van der Waals surface area contributed by atoms with Gasteiger partial charge in [-0.15, -0.1) is 23.7 Å². The van der Waals surface area contributed by atoms with E-state index in [9.17, 15) is 9.90 Å². The van der Waals surface area contributed by atoms with Crippen molar-refractivity contribution in [3.05, 3.63) is 45.9 Å². The first kappa shape index (κ1) is 15.0. The quantitative estimate of drug-likeness (QED) is 0.856. The Kier molecular flexibility index (Phi) is 4.75. The molecule has 1 saturated heterocycles. The van der Waals surface area contributed by atoms with Crippen LogP contribution in [0.4, 0.5) is 0 Å². The molecule has 2 heterocycles. The molecule has 1 atom stereocenters. The molecule has 2 aromatic rings. The minimum Gasteiger partial charge on any atom is -0.508 e. The summed E-state index contributed by atoms with van der Waals surface area (Å²) >= 11 is 1.52. The van der Waals surface area contributed by atoms with Crippen LogP contribution in [0.1, 0.15) is 39.9 Å². The van der Waals surface area contributed by atoms with Crippen LogP contribution in [0.15, 0.2) is 29.6 Å². The van der Waals surface area contributed by atoms with Crippen LogP contribution in [0.2, 0.25) is 0 Å². The molecular weight excluding hydrogens is 296 g/mol. The molecule has 6 heteroatoms. The maximum Gasteiger partial charge on any atom is 0.212 e. The maximum absolute atomic E-state index is 12.2. The van der Waals surface area contributed by atoms with Crippen LogP contribution >= 0.6 is 23.7 Å². The molecule has 1 fully saturated rings. The molecule has 1 aliphatic heterocycles. The van der Waals surface area contributed by atoms with Gasteiger partial charge in [0.1, 0.15) is 16.5 Å². The van der Waals surface area contributed by atoms with E-state index in [1.165, 1.54) is 17.4 Å². The van der Waals surface area contributed by atoms with Crippen molar-refractivity contribution in [2.45, 2.75) is 18.9 Å². The number of nitrogens with zero attached hydrogens (tertiary/aromatic N) is 1. The molecule has 0 bridgehead atoms. The summed E-state index contributed by atoms with van der Waals surface area (Å²) in [5.74, 6) is -0.0461. The Morgan fingerprint density at radius 1 is 1.45 bits per heavy atom. The van der Waals surface area contributed by atoms with E-state index in [0.717, 1.165) is 24.4 Å². The topological polar surface area (TPSA) is 62.2 Å². The van der Waals surface area contributed by atoms with Gasteiger partial charge in [0.05, 0.1) is 6.04 Å². The Hall–Kier alpha value is -1.43. The van der Waals surface area contributed by atoms with Crippen LogP contribution in [0.5, 0.6) is 5.75 Å². The standard InChI is InChI=1S/C14H14N2O2S.ClH/c17-10-4-1-3-9(7-10)13(18)12-8-19-14(16-12)11-5-2-6-15-11;/h1,3-4,7-8,11,15,17H,2,5-6H2;1H. The van der Waals surface area contributed by atoms with E-state index in [4.69, 9.17) is 0 Å². The van der Waals surface area contributed by atoms with Crippen molar-refractivity contribution in [3.63, 3.8) is 0 Å². The van der Waals surface area contributed by atoms with Gasteiger partial charge in [0.2, 0.25) is 5.78 Å². The Bertz CT molecular complexity index is 609. The zero-order valence-corrected chi connectivity index (χ0v) is 12.3. The van der Waals surface area contributed by atoms with Crippen molar-refractivity contribution in [1.82, 2.24) is 10.3 Å². The van der Waals surface area contributed by atoms with Gasteiger partial charge in [-0.3, -0.25) is 4.79 Å². The highest BCUT2D eigenvalue weighted by molar-refractivity contribution is 7.10. The third-order valence-electron chi connectivity index (χ3n) is 3.22. The Balaban J connectivity index is 0.00000147. The number of carbonyl (C=O) groups excluding carboxylic acids is 1. The first-order valence-corrected chi connectivity index (χ1v) is 7.14.